The van der Waals surface area contributed by atoms with Gasteiger partial charge in [0.25, 0.3) is 0 Å². The predicted octanol–water partition coefficient (Wildman–Crippen LogP) is 0.418. The van der Waals surface area contributed by atoms with E-state index in [2.05, 4.69) is 0 Å². The van der Waals surface area contributed by atoms with E-state index in [0.717, 1.165) is 12.8 Å². The fourth-order valence-corrected chi connectivity index (χ4v) is 3.42. The third kappa shape index (κ3) is 5.68. The first-order valence-corrected chi connectivity index (χ1v) is 8.04. The number of rotatable bonds is 2. The van der Waals surface area contributed by atoms with Crippen molar-refractivity contribution in [3.05, 3.63) is 23.8 Å². The van der Waals surface area contributed by atoms with Crippen LogP contribution in [0.15, 0.2) is 23.8 Å². The fourth-order valence-electron chi connectivity index (χ4n) is 1.93. The van der Waals surface area contributed by atoms with Gasteiger partial charge in [-0.15, -0.1) is 0 Å². The molecular weight excluding hydrogens is 300 g/mol. The molecule has 7 nitrogen and oxygen atoms in total. The number of carboxylic acid groups (broad SMARTS) is 2. The molecule has 0 aromatic heterocycles. The molecule has 1 saturated heterocycles. The summed E-state index contributed by atoms with van der Waals surface area (Å²) in [6, 6.07) is 0. The van der Waals surface area contributed by atoms with Gasteiger partial charge in [-0.1, -0.05) is 18.2 Å². The van der Waals surface area contributed by atoms with Gasteiger partial charge in [0.2, 0.25) is 0 Å². The van der Waals surface area contributed by atoms with Gasteiger partial charge in [-0.25, -0.2) is 13.2 Å². The van der Waals surface area contributed by atoms with Crippen LogP contribution in [0, 0.1) is 5.41 Å². The summed E-state index contributed by atoms with van der Waals surface area (Å²) in [7, 11) is -2.55. The van der Waals surface area contributed by atoms with Crippen LogP contribution in [-0.4, -0.2) is 47.6 Å². The molecule has 0 amide bonds. The van der Waals surface area contributed by atoms with Crippen molar-refractivity contribution >= 4 is 21.8 Å². The van der Waals surface area contributed by atoms with E-state index in [1.54, 1.807) is 0 Å². The van der Waals surface area contributed by atoms with Crippen molar-refractivity contribution in [1.29, 1.82) is 0 Å². The summed E-state index contributed by atoms with van der Waals surface area (Å²) < 4.78 is 20.9. The molecule has 1 heterocycles. The zero-order valence-corrected chi connectivity index (χ0v) is 12.5. The van der Waals surface area contributed by atoms with Crippen LogP contribution < -0.4 is 0 Å². The highest BCUT2D eigenvalue weighted by Gasteiger charge is 2.34. The summed E-state index contributed by atoms with van der Waals surface area (Å²) in [5.74, 6) is -1.22. The first-order valence-electron chi connectivity index (χ1n) is 6.22. The average Bonchev–Trinajstić information content (AvgIpc) is 2.74. The molecule has 1 fully saturated rings. The first-order chi connectivity index (χ1) is 9.16. The zero-order valence-electron chi connectivity index (χ0n) is 11.7. The SMILES string of the molecule is CC1(C(=O)O)C=CC=C(C(=O)O)C1.O.O=S1(=O)CCCC1. The molecule has 1 aliphatic heterocycles. The first kappa shape index (κ1) is 19.3. The van der Waals surface area contributed by atoms with Gasteiger partial charge in [-0.3, -0.25) is 4.79 Å². The highest BCUT2D eigenvalue weighted by Crippen LogP contribution is 2.31. The van der Waals surface area contributed by atoms with Crippen LogP contribution in [0.4, 0.5) is 0 Å². The number of carboxylic acids is 2. The monoisotopic (exact) mass is 320 g/mol. The molecule has 2 aliphatic rings. The molecule has 2 rings (SSSR count). The van der Waals surface area contributed by atoms with Crippen molar-refractivity contribution in [3.63, 3.8) is 0 Å². The Balaban J connectivity index is 0.000000425. The molecule has 4 N–H and O–H groups in total. The van der Waals surface area contributed by atoms with Crippen LogP contribution in [0.25, 0.3) is 0 Å². The summed E-state index contributed by atoms with van der Waals surface area (Å²) in [5.41, 5.74) is -0.949. The van der Waals surface area contributed by atoms with E-state index in [1.807, 2.05) is 0 Å². The van der Waals surface area contributed by atoms with Crippen molar-refractivity contribution in [1.82, 2.24) is 0 Å². The smallest absolute Gasteiger partial charge is 0.331 e. The van der Waals surface area contributed by atoms with Crippen LogP contribution >= 0.6 is 0 Å². The van der Waals surface area contributed by atoms with Crippen molar-refractivity contribution in [2.75, 3.05) is 11.5 Å². The lowest BCUT2D eigenvalue weighted by Gasteiger charge is -2.23. The second kappa shape index (κ2) is 7.37. The van der Waals surface area contributed by atoms with Gasteiger partial charge in [-0.2, -0.15) is 0 Å². The Labute approximate surface area is 123 Å². The van der Waals surface area contributed by atoms with Gasteiger partial charge >= 0.3 is 11.9 Å². The molecule has 0 radical (unpaired) electrons. The Morgan fingerprint density at radius 1 is 1.19 bits per heavy atom. The standard InChI is InChI=1S/C9H10O4.C4H8O2S.H2O/c1-9(8(12)13)4-2-3-6(5-9)7(10)11;5-7(6)3-1-2-4-7;/h2-4H,5H2,1H3,(H,10,11)(H,12,13);1-4H2;1H2. The largest absolute Gasteiger partial charge is 0.481 e. The minimum Gasteiger partial charge on any atom is -0.481 e. The average molecular weight is 320 g/mol. The Morgan fingerprint density at radius 3 is 2.05 bits per heavy atom. The predicted molar refractivity (Wildman–Crippen MR) is 76.7 cm³/mol. The lowest BCUT2D eigenvalue weighted by atomic mass is 9.80. The molecule has 120 valence electrons. The van der Waals surface area contributed by atoms with E-state index < -0.39 is 27.2 Å². The molecule has 21 heavy (non-hydrogen) atoms. The van der Waals surface area contributed by atoms with Crippen molar-refractivity contribution in [2.45, 2.75) is 26.2 Å². The van der Waals surface area contributed by atoms with E-state index in [0.29, 0.717) is 11.5 Å². The van der Waals surface area contributed by atoms with E-state index >= 15 is 0 Å². The Morgan fingerprint density at radius 2 is 1.71 bits per heavy atom. The second-order valence-corrected chi connectivity index (χ2v) is 7.42. The van der Waals surface area contributed by atoms with Gasteiger partial charge in [0.1, 0.15) is 9.84 Å². The summed E-state index contributed by atoms with van der Waals surface area (Å²) >= 11 is 0. The lowest BCUT2D eigenvalue weighted by molar-refractivity contribution is -0.145. The molecule has 0 saturated carbocycles. The number of allylic oxidation sites excluding steroid dienone is 2. The second-order valence-electron chi connectivity index (χ2n) is 5.11. The van der Waals surface area contributed by atoms with E-state index in [1.165, 1.54) is 25.2 Å². The van der Waals surface area contributed by atoms with Crippen molar-refractivity contribution in [2.24, 2.45) is 5.41 Å². The number of hydrogen-bond donors (Lipinski definition) is 2. The molecule has 1 unspecified atom stereocenters. The quantitative estimate of drug-likeness (QED) is 0.755. The summed E-state index contributed by atoms with van der Waals surface area (Å²) in [5, 5.41) is 17.5. The van der Waals surface area contributed by atoms with Crippen molar-refractivity contribution < 1.29 is 33.7 Å². The summed E-state index contributed by atoms with van der Waals surface area (Å²) in [6.45, 7) is 1.50. The minimum atomic E-state index is -2.55. The molecule has 0 aromatic carbocycles. The highest BCUT2D eigenvalue weighted by molar-refractivity contribution is 7.91. The number of hydrogen-bond acceptors (Lipinski definition) is 4. The summed E-state index contributed by atoms with van der Waals surface area (Å²) in [4.78, 5) is 21.3. The lowest BCUT2D eigenvalue weighted by Crippen LogP contribution is -2.28. The van der Waals surface area contributed by atoms with Gasteiger partial charge in [-0.05, 0) is 26.2 Å². The molecule has 0 aromatic rings. The van der Waals surface area contributed by atoms with E-state index in [9.17, 15) is 18.0 Å². The van der Waals surface area contributed by atoms with Crippen molar-refractivity contribution in [3.8, 4) is 0 Å². The molecule has 8 heteroatoms. The van der Waals surface area contributed by atoms with Gasteiger partial charge < -0.3 is 15.7 Å². The van der Waals surface area contributed by atoms with Gasteiger partial charge in [0, 0.05) is 5.57 Å². The Bertz CT molecular complexity index is 547. The molecule has 0 spiro atoms. The summed E-state index contributed by atoms with van der Waals surface area (Å²) in [6.07, 6.45) is 6.19. The third-order valence-electron chi connectivity index (χ3n) is 3.24. The number of sulfone groups is 1. The number of aliphatic carboxylic acids is 2. The topological polar surface area (TPSA) is 140 Å². The molecule has 1 atom stereocenters. The molecule has 0 bridgehead atoms. The fraction of sp³-hybridized carbons (Fsp3) is 0.538. The van der Waals surface area contributed by atoms with Crippen LogP contribution in [-0.2, 0) is 19.4 Å². The van der Waals surface area contributed by atoms with Gasteiger partial charge in [0.15, 0.2) is 0 Å². The maximum absolute atomic E-state index is 10.8. The van der Waals surface area contributed by atoms with E-state index in [4.69, 9.17) is 10.2 Å². The Hall–Kier alpha value is -1.67. The van der Waals surface area contributed by atoms with Crippen LogP contribution in [0.1, 0.15) is 26.2 Å². The number of carbonyl (C=O) groups is 2. The highest BCUT2D eigenvalue weighted by atomic mass is 32.2. The van der Waals surface area contributed by atoms with E-state index in [-0.39, 0.29) is 17.5 Å². The third-order valence-corrected chi connectivity index (χ3v) is 5.06. The maximum Gasteiger partial charge on any atom is 0.331 e. The maximum atomic E-state index is 10.8. The van der Waals surface area contributed by atoms with Crippen LogP contribution in [0.5, 0.6) is 0 Å². The molecular formula is C13H20O7S. The minimum absolute atomic E-state index is 0. The normalized spacial score (nSPS) is 25.9. The van der Waals surface area contributed by atoms with Gasteiger partial charge in [0.05, 0.1) is 16.9 Å². The zero-order chi connectivity index (χ0) is 15.4. The van der Waals surface area contributed by atoms with Crippen LogP contribution in [0.2, 0.25) is 0 Å². The molecule has 1 aliphatic carbocycles. The van der Waals surface area contributed by atoms with Crippen LogP contribution in [0.3, 0.4) is 0 Å². The Kier molecular flexibility index (Phi) is 6.78.